The number of anilines is 1. The maximum absolute atomic E-state index is 13.5. The van der Waals surface area contributed by atoms with Crippen molar-refractivity contribution in [1.29, 1.82) is 0 Å². The first-order valence-electron chi connectivity index (χ1n) is 13.2. The van der Waals surface area contributed by atoms with E-state index in [1.807, 2.05) is 13.0 Å². The molecule has 38 heavy (non-hydrogen) atoms. The van der Waals surface area contributed by atoms with E-state index < -0.39 is 11.6 Å². The predicted molar refractivity (Wildman–Crippen MR) is 143 cm³/mol. The van der Waals surface area contributed by atoms with Crippen molar-refractivity contribution >= 4 is 40.1 Å². The molecule has 0 spiro atoms. The highest BCUT2D eigenvalue weighted by Gasteiger charge is 2.53. The van der Waals surface area contributed by atoms with E-state index >= 15 is 0 Å². The number of thiophene rings is 1. The fourth-order valence-electron chi connectivity index (χ4n) is 6.11. The van der Waals surface area contributed by atoms with Gasteiger partial charge in [-0.2, -0.15) is 5.10 Å². The van der Waals surface area contributed by atoms with E-state index in [4.69, 9.17) is 0 Å². The Balaban J connectivity index is 1.33. The quantitative estimate of drug-likeness (QED) is 0.424. The summed E-state index contributed by atoms with van der Waals surface area (Å²) >= 11 is 1.43. The number of rotatable bonds is 7. The van der Waals surface area contributed by atoms with Gasteiger partial charge in [-0.1, -0.05) is 19.3 Å². The van der Waals surface area contributed by atoms with Crippen molar-refractivity contribution in [1.82, 2.24) is 30.6 Å². The topological polar surface area (TPSA) is 137 Å². The smallest absolute Gasteiger partial charge is 0.318 e. The number of aromatic nitrogens is 2. The molecule has 5 rings (SSSR count). The van der Waals surface area contributed by atoms with Crippen molar-refractivity contribution in [3.8, 4) is 0 Å². The van der Waals surface area contributed by atoms with Crippen LogP contribution in [-0.4, -0.2) is 69.6 Å². The number of hydrogen-bond donors (Lipinski definition) is 4. The first kappa shape index (κ1) is 26.2. The van der Waals surface area contributed by atoms with E-state index in [1.54, 1.807) is 31.3 Å². The van der Waals surface area contributed by atoms with Crippen molar-refractivity contribution < 1.29 is 19.2 Å². The molecular formula is C26H35N7O4S. The molecule has 5 amide bonds. The van der Waals surface area contributed by atoms with Gasteiger partial charge in [-0.15, -0.1) is 11.3 Å². The predicted octanol–water partition coefficient (Wildman–Crippen LogP) is 1.80. The van der Waals surface area contributed by atoms with Gasteiger partial charge in [0.25, 0.3) is 5.91 Å². The highest BCUT2D eigenvalue weighted by molar-refractivity contribution is 7.16. The molecule has 0 aromatic carbocycles. The first-order valence-corrected chi connectivity index (χ1v) is 14.0. The van der Waals surface area contributed by atoms with Crippen molar-refractivity contribution in [3.63, 3.8) is 0 Å². The third kappa shape index (κ3) is 4.77. The molecule has 1 saturated carbocycles. The molecule has 12 heteroatoms. The van der Waals surface area contributed by atoms with Crippen LogP contribution >= 0.6 is 11.3 Å². The summed E-state index contributed by atoms with van der Waals surface area (Å²) in [6.45, 7) is 2.38. The minimum absolute atomic E-state index is 0.0317. The second-order valence-corrected chi connectivity index (χ2v) is 11.8. The average Bonchev–Trinajstić information content (AvgIpc) is 3.65. The number of amides is 5. The number of urea groups is 1. The second kappa shape index (κ2) is 10.4. The lowest BCUT2D eigenvalue weighted by Crippen LogP contribution is -2.60. The Morgan fingerprint density at radius 3 is 2.58 bits per heavy atom. The van der Waals surface area contributed by atoms with Gasteiger partial charge in [-0.25, -0.2) is 4.79 Å². The van der Waals surface area contributed by atoms with E-state index in [0.29, 0.717) is 30.1 Å². The minimum atomic E-state index is -0.977. The number of nitrogens with one attached hydrogen (secondary N) is 4. The Labute approximate surface area is 225 Å². The van der Waals surface area contributed by atoms with Gasteiger partial charge in [0.1, 0.15) is 17.3 Å². The van der Waals surface area contributed by atoms with E-state index in [0.717, 1.165) is 42.5 Å². The van der Waals surface area contributed by atoms with Crippen LogP contribution in [0.4, 0.5) is 9.80 Å². The van der Waals surface area contributed by atoms with Crippen LogP contribution in [0.25, 0.3) is 0 Å². The molecule has 2 aromatic rings. The summed E-state index contributed by atoms with van der Waals surface area (Å²) in [4.78, 5) is 54.8. The summed E-state index contributed by atoms with van der Waals surface area (Å²) < 4.78 is 1.50. The Kier molecular flexibility index (Phi) is 7.17. The molecule has 204 valence electrons. The number of carbonyl (C=O) groups is 4. The largest absolute Gasteiger partial charge is 0.357 e. The fraction of sp³-hybridized carbons (Fsp3) is 0.577. The van der Waals surface area contributed by atoms with Gasteiger partial charge in [-0.3, -0.25) is 19.1 Å². The van der Waals surface area contributed by atoms with Gasteiger partial charge in [0.2, 0.25) is 11.8 Å². The lowest BCUT2D eigenvalue weighted by molar-refractivity contribution is -0.130. The van der Waals surface area contributed by atoms with Gasteiger partial charge in [0, 0.05) is 50.6 Å². The number of hydrogen-bond acceptors (Lipinski definition) is 6. The molecule has 0 radical (unpaired) electrons. The molecule has 3 heterocycles. The summed E-state index contributed by atoms with van der Waals surface area (Å²) in [5.74, 6) is -0.689. The molecule has 11 nitrogen and oxygen atoms in total. The van der Waals surface area contributed by atoms with Crippen LogP contribution in [0.3, 0.4) is 0 Å². The van der Waals surface area contributed by atoms with E-state index in [2.05, 4.69) is 26.4 Å². The van der Waals surface area contributed by atoms with Crippen molar-refractivity contribution in [3.05, 3.63) is 34.5 Å². The summed E-state index contributed by atoms with van der Waals surface area (Å²) in [6.07, 6.45) is 7.32. The van der Waals surface area contributed by atoms with Crippen LogP contribution in [0.2, 0.25) is 0 Å². The third-order valence-electron chi connectivity index (χ3n) is 8.06. The molecule has 3 aliphatic rings. The highest BCUT2D eigenvalue weighted by atomic mass is 32.1. The second-order valence-electron chi connectivity index (χ2n) is 10.7. The first-order chi connectivity index (χ1) is 18.2. The van der Waals surface area contributed by atoms with Gasteiger partial charge in [-0.05, 0) is 43.4 Å². The SMILES string of the molecule is CNC(=O)C1(N2CC(C)NC2=O)Cc2cc(NC(=O)[C@@H](NC(=O)c3ccnn3C)C3CCCCC3)sc2C1. The zero-order valence-corrected chi connectivity index (χ0v) is 22.8. The zero-order valence-electron chi connectivity index (χ0n) is 22.0. The van der Waals surface area contributed by atoms with Gasteiger partial charge >= 0.3 is 6.03 Å². The van der Waals surface area contributed by atoms with E-state index in [-0.39, 0.29) is 35.7 Å². The zero-order chi connectivity index (χ0) is 27.0. The van der Waals surface area contributed by atoms with Gasteiger partial charge in [0.15, 0.2) is 0 Å². The van der Waals surface area contributed by atoms with Crippen LogP contribution in [0.15, 0.2) is 18.3 Å². The van der Waals surface area contributed by atoms with Gasteiger partial charge in [0.05, 0.1) is 5.00 Å². The molecular weight excluding hydrogens is 506 g/mol. The van der Waals surface area contributed by atoms with Crippen LogP contribution in [0.1, 0.15) is 60.0 Å². The maximum Gasteiger partial charge on any atom is 0.318 e. The Morgan fingerprint density at radius 2 is 1.97 bits per heavy atom. The Hall–Kier alpha value is -3.41. The lowest BCUT2D eigenvalue weighted by Gasteiger charge is -2.36. The number of carbonyl (C=O) groups excluding carboxylic acids is 4. The molecule has 4 N–H and O–H groups in total. The molecule has 3 atom stereocenters. The summed E-state index contributed by atoms with van der Waals surface area (Å²) in [7, 11) is 3.29. The normalized spacial score (nSPS) is 24.0. The van der Waals surface area contributed by atoms with Crippen LogP contribution in [-0.2, 0) is 29.5 Å². The van der Waals surface area contributed by atoms with Crippen LogP contribution in [0.5, 0.6) is 0 Å². The van der Waals surface area contributed by atoms with Crippen LogP contribution < -0.4 is 21.3 Å². The standard InChI is InChI=1S/C26H35N7O4S/c1-15-14-33(25(37)29-15)26(24(36)27-2)12-17-11-20(38-19(17)13-26)30-23(35)21(16-7-5-4-6-8-16)31-22(34)18-9-10-28-32(18)3/h9-11,15-16,21H,4-8,12-14H2,1-3H3,(H,27,36)(H,29,37)(H,30,35)(H,31,34)/t15?,21-,26?/m0/s1. The molecule has 2 aromatic heterocycles. The molecule has 2 fully saturated rings. The molecule has 2 aliphatic carbocycles. The molecule has 0 bridgehead atoms. The lowest BCUT2D eigenvalue weighted by atomic mass is 9.83. The molecule has 1 aliphatic heterocycles. The Morgan fingerprint density at radius 1 is 1.21 bits per heavy atom. The van der Waals surface area contributed by atoms with Crippen molar-refractivity contribution in [2.24, 2.45) is 13.0 Å². The molecule has 2 unspecified atom stereocenters. The monoisotopic (exact) mass is 541 g/mol. The minimum Gasteiger partial charge on any atom is -0.357 e. The van der Waals surface area contributed by atoms with E-state index in [1.165, 1.54) is 16.0 Å². The van der Waals surface area contributed by atoms with Crippen molar-refractivity contribution in [2.75, 3.05) is 18.9 Å². The van der Waals surface area contributed by atoms with E-state index in [9.17, 15) is 19.2 Å². The summed E-state index contributed by atoms with van der Waals surface area (Å²) in [6, 6.07) is 2.62. The highest BCUT2D eigenvalue weighted by Crippen LogP contribution is 2.42. The van der Waals surface area contributed by atoms with Gasteiger partial charge < -0.3 is 26.2 Å². The summed E-state index contributed by atoms with van der Waals surface area (Å²) in [5, 5.41) is 16.4. The van der Waals surface area contributed by atoms with Crippen molar-refractivity contribution in [2.45, 2.75) is 69.5 Å². The fourth-order valence-corrected chi connectivity index (χ4v) is 7.30. The molecule has 1 saturated heterocycles. The number of nitrogens with zero attached hydrogens (tertiary/aromatic N) is 3. The Bertz CT molecular complexity index is 1220. The number of likely N-dealkylation sites (N-methyl/N-ethyl adjacent to an activating group) is 1. The van der Waals surface area contributed by atoms with Crippen LogP contribution in [0, 0.1) is 5.92 Å². The number of fused-ring (bicyclic) bond motifs is 1. The maximum atomic E-state index is 13.5. The summed E-state index contributed by atoms with van der Waals surface area (Å²) in [5.41, 5.74) is 0.378. The average molecular weight is 542 g/mol. The number of aryl methyl sites for hydroxylation is 1. The third-order valence-corrected chi connectivity index (χ3v) is 9.15.